The Bertz CT molecular complexity index is 642. The fourth-order valence-electron chi connectivity index (χ4n) is 1.70. The van der Waals surface area contributed by atoms with Crippen LogP contribution in [0.3, 0.4) is 0 Å². The topological polar surface area (TPSA) is 66.8 Å². The molecule has 4 nitrogen and oxygen atoms in total. The zero-order valence-electron chi connectivity index (χ0n) is 10.9. The van der Waals surface area contributed by atoms with Crippen LogP contribution in [0.1, 0.15) is 15.9 Å². The number of carbonyl (C=O) groups is 1. The van der Waals surface area contributed by atoms with Crippen molar-refractivity contribution in [3.05, 3.63) is 59.7 Å². The zero-order chi connectivity index (χ0) is 14.5. The number of aromatic hydroxyl groups is 2. The summed E-state index contributed by atoms with van der Waals surface area (Å²) < 4.78 is 4.94. The molecule has 0 aliphatic heterocycles. The summed E-state index contributed by atoms with van der Waals surface area (Å²) in [5.41, 5.74) is 1.17. The second kappa shape index (κ2) is 5.93. The van der Waals surface area contributed by atoms with Crippen molar-refractivity contribution >= 4 is 11.9 Å². The number of methoxy groups -OCH3 is 1. The predicted octanol–water partition coefficient (Wildman–Crippen LogP) is 3.00. The Morgan fingerprint density at radius 1 is 1.10 bits per heavy atom. The molecular formula is C16H14O4. The molecule has 2 rings (SSSR count). The summed E-state index contributed by atoms with van der Waals surface area (Å²) in [6.45, 7) is 0. The smallest absolute Gasteiger partial charge is 0.185 e. The van der Waals surface area contributed by atoms with Crippen LogP contribution < -0.4 is 4.74 Å². The van der Waals surface area contributed by atoms with E-state index in [1.807, 2.05) is 0 Å². The molecule has 0 radical (unpaired) electrons. The van der Waals surface area contributed by atoms with Crippen molar-refractivity contribution in [2.75, 3.05) is 7.11 Å². The number of phenolic OH excluding ortho intramolecular Hbond substituents is 2. The summed E-state index contributed by atoms with van der Waals surface area (Å²) in [7, 11) is 1.47. The van der Waals surface area contributed by atoms with Gasteiger partial charge in [-0.2, -0.15) is 0 Å². The fourth-order valence-corrected chi connectivity index (χ4v) is 1.70. The Labute approximate surface area is 116 Å². The van der Waals surface area contributed by atoms with Crippen LogP contribution in [-0.2, 0) is 0 Å². The molecule has 2 aromatic rings. The van der Waals surface area contributed by atoms with Gasteiger partial charge in [0.15, 0.2) is 17.3 Å². The first kappa shape index (κ1) is 13.7. The highest BCUT2D eigenvalue weighted by Gasteiger charge is 2.03. The number of benzene rings is 2. The van der Waals surface area contributed by atoms with E-state index in [0.717, 1.165) is 0 Å². The number of carbonyl (C=O) groups excluding carboxylic acids is 1. The van der Waals surface area contributed by atoms with Gasteiger partial charge in [-0.15, -0.1) is 0 Å². The largest absolute Gasteiger partial charge is 0.508 e. The number of ether oxygens (including phenoxy) is 1. The lowest BCUT2D eigenvalue weighted by atomic mass is 10.1. The Kier molecular flexibility index (Phi) is 4.05. The molecule has 0 saturated carbocycles. The van der Waals surface area contributed by atoms with Crippen molar-refractivity contribution in [3.8, 4) is 17.2 Å². The molecule has 0 atom stereocenters. The molecule has 0 saturated heterocycles. The second-order valence-corrected chi connectivity index (χ2v) is 4.18. The van der Waals surface area contributed by atoms with Gasteiger partial charge >= 0.3 is 0 Å². The molecule has 4 heteroatoms. The molecule has 102 valence electrons. The van der Waals surface area contributed by atoms with Crippen molar-refractivity contribution in [2.45, 2.75) is 0 Å². The van der Waals surface area contributed by atoms with Crippen LogP contribution in [0.4, 0.5) is 0 Å². The molecule has 0 heterocycles. The monoisotopic (exact) mass is 270 g/mol. The second-order valence-electron chi connectivity index (χ2n) is 4.18. The molecule has 0 aliphatic carbocycles. The van der Waals surface area contributed by atoms with Crippen LogP contribution in [0.2, 0.25) is 0 Å². The van der Waals surface area contributed by atoms with E-state index in [1.54, 1.807) is 30.3 Å². The SMILES string of the molecule is COc1ccc(C=CC(=O)c2ccc(O)cc2)cc1O. The highest BCUT2D eigenvalue weighted by molar-refractivity contribution is 6.06. The van der Waals surface area contributed by atoms with E-state index in [-0.39, 0.29) is 17.3 Å². The Morgan fingerprint density at radius 2 is 1.80 bits per heavy atom. The molecule has 0 spiro atoms. The Hall–Kier alpha value is -2.75. The van der Waals surface area contributed by atoms with Gasteiger partial charge in [0.05, 0.1) is 7.11 Å². The Balaban J connectivity index is 2.14. The summed E-state index contributed by atoms with van der Waals surface area (Å²) in [6, 6.07) is 10.9. The molecule has 0 fully saturated rings. The minimum Gasteiger partial charge on any atom is -0.508 e. The van der Waals surface area contributed by atoms with Crippen molar-refractivity contribution < 1.29 is 19.7 Å². The van der Waals surface area contributed by atoms with Crippen molar-refractivity contribution in [1.29, 1.82) is 0 Å². The molecule has 2 aromatic carbocycles. The quantitative estimate of drug-likeness (QED) is 0.662. The maximum atomic E-state index is 11.9. The standard InChI is InChI=1S/C16H14O4/c1-20-16-9-3-11(10-15(16)19)2-8-14(18)12-4-6-13(17)7-5-12/h2-10,17,19H,1H3. The van der Waals surface area contributed by atoms with E-state index in [2.05, 4.69) is 0 Å². The highest BCUT2D eigenvalue weighted by atomic mass is 16.5. The van der Waals surface area contributed by atoms with Gasteiger partial charge in [-0.3, -0.25) is 4.79 Å². The number of phenols is 2. The summed E-state index contributed by atoms with van der Waals surface area (Å²) in [4.78, 5) is 11.9. The first-order chi connectivity index (χ1) is 9.60. The number of hydrogen-bond donors (Lipinski definition) is 2. The van der Waals surface area contributed by atoms with E-state index >= 15 is 0 Å². The van der Waals surface area contributed by atoms with Crippen LogP contribution in [0.5, 0.6) is 17.2 Å². The van der Waals surface area contributed by atoms with E-state index in [9.17, 15) is 9.90 Å². The molecule has 0 bridgehead atoms. The van der Waals surface area contributed by atoms with Gasteiger partial charge in [-0.1, -0.05) is 12.1 Å². The number of ketones is 1. The summed E-state index contributed by atoms with van der Waals surface area (Å²) in [5, 5.41) is 18.8. The van der Waals surface area contributed by atoms with Crippen molar-refractivity contribution in [2.24, 2.45) is 0 Å². The average Bonchev–Trinajstić information content (AvgIpc) is 2.45. The highest BCUT2D eigenvalue weighted by Crippen LogP contribution is 2.26. The molecule has 0 aliphatic rings. The zero-order valence-corrected chi connectivity index (χ0v) is 10.9. The molecule has 0 unspecified atom stereocenters. The van der Waals surface area contributed by atoms with Crippen LogP contribution >= 0.6 is 0 Å². The van der Waals surface area contributed by atoms with Gasteiger partial charge in [0.25, 0.3) is 0 Å². The van der Waals surface area contributed by atoms with Crippen LogP contribution in [0, 0.1) is 0 Å². The minimum atomic E-state index is -0.180. The number of rotatable bonds is 4. The van der Waals surface area contributed by atoms with Gasteiger partial charge in [0, 0.05) is 5.56 Å². The molecule has 2 N–H and O–H groups in total. The summed E-state index contributed by atoms with van der Waals surface area (Å²) in [5.74, 6) is 0.338. The van der Waals surface area contributed by atoms with Gasteiger partial charge < -0.3 is 14.9 Å². The van der Waals surface area contributed by atoms with Crippen LogP contribution in [0.15, 0.2) is 48.5 Å². The number of hydrogen-bond acceptors (Lipinski definition) is 4. The van der Waals surface area contributed by atoms with Gasteiger partial charge in [0.1, 0.15) is 5.75 Å². The van der Waals surface area contributed by atoms with Crippen molar-refractivity contribution in [1.82, 2.24) is 0 Å². The lowest BCUT2D eigenvalue weighted by molar-refractivity contribution is 0.104. The lowest BCUT2D eigenvalue weighted by Crippen LogP contribution is -1.93. The Morgan fingerprint density at radius 3 is 2.40 bits per heavy atom. The third-order valence-corrected chi connectivity index (χ3v) is 2.78. The van der Waals surface area contributed by atoms with Gasteiger partial charge in [-0.25, -0.2) is 0 Å². The van der Waals surface area contributed by atoms with Gasteiger partial charge in [0.2, 0.25) is 0 Å². The third-order valence-electron chi connectivity index (χ3n) is 2.78. The summed E-state index contributed by atoms with van der Waals surface area (Å²) >= 11 is 0. The first-order valence-corrected chi connectivity index (χ1v) is 5.98. The van der Waals surface area contributed by atoms with Crippen LogP contribution in [-0.4, -0.2) is 23.1 Å². The van der Waals surface area contributed by atoms with E-state index in [0.29, 0.717) is 16.9 Å². The van der Waals surface area contributed by atoms with E-state index in [1.165, 1.54) is 31.4 Å². The first-order valence-electron chi connectivity index (χ1n) is 5.98. The fraction of sp³-hybridized carbons (Fsp3) is 0.0625. The average molecular weight is 270 g/mol. The van der Waals surface area contributed by atoms with Crippen molar-refractivity contribution in [3.63, 3.8) is 0 Å². The predicted molar refractivity (Wildman–Crippen MR) is 76.1 cm³/mol. The summed E-state index contributed by atoms with van der Waals surface area (Å²) in [6.07, 6.45) is 3.02. The molecule has 0 aromatic heterocycles. The number of allylic oxidation sites excluding steroid dienone is 1. The third kappa shape index (κ3) is 3.17. The van der Waals surface area contributed by atoms with E-state index < -0.39 is 0 Å². The molecule has 20 heavy (non-hydrogen) atoms. The van der Waals surface area contributed by atoms with E-state index in [4.69, 9.17) is 9.84 Å². The normalized spacial score (nSPS) is 10.7. The lowest BCUT2D eigenvalue weighted by Gasteiger charge is -2.03. The minimum absolute atomic E-state index is 0.0201. The maximum absolute atomic E-state index is 11.9. The van der Waals surface area contributed by atoms with Gasteiger partial charge in [-0.05, 0) is 48.0 Å². The molecule has 0 amide bonds. The maximum Gasteiger partial charge on any atom is 0.185 e. The van der Waals surface area contributed by atoms with Crippen LogP contribution in [0.25, 0.3) is 6.08 Å². The molecular weight excluding hydrogens is 256 g/mol.